The van der Waals surface area contributed by atoms with Crippen LogP contribution in [0, 0.1) is 10.1 Å². The van der Waals surface area contributed by atoms with Crippen LogP contribution >= 0.6 is 12.4 Å². The molecule has 0 aliphatic heterocycles. The van der Waals surface area contributed by atoms with E-state index in [4.69, 9.17) is 10.5 Å². The van der Waals surface area contributed by atoms with Crippen LogP contribution < -0.4 is 10.5 Å². The van der Waals surface area contributed by atoms with Crippen LogP contribution in [-0.2, 0) is 0 Å². The van der Waals surface area contributed by atoms with Crippen LogP contribution in [0.4, 0.5) is 5.69 Å². The van der Waals surface area contributed by atoms with E-state index >= 15 is 0 Å². The quantitative estimate of drug-likeness (QED) is 0.631. The average Bonchev–Trinajstić information content (AvgIpc) is 2.26. The molecule has 1 rings (SSSR count). The number of nitro benzene ring substituents is 1. The Morgan fingerprint density at radius 1 is 1.53 bits per heavy atom. The van der Waals surface area contributed by atoms with Crippen molar-refractivity contribution in [3.05, 3.63) is 33.9 Å². The number of aliphatic hydroxyl groups is 1. The predicted molar refractivity (Wildman–Crippen MR) is 65.5 cm³/mol. The van der Waals surface area contributed by atoms with Gasteiger partial charge in [-0.3, -0.25) is 10.1 Å². The highest BCUT2D eigenvalue weighted by molar-refractivity contribution is 5.85. The summed E-state index contributed by atoms with van der Waals surface area (Å²) in [6, 6.07) is 3.74. The molecule has 6 nitrogen and oxygen atoms in total. The van der Waals surface area contributed by atoms with E-state index in [0.717, 1.165) is 0 Å². The van der Waals surface area contributed by atoms with Crippen molar-refractivity contribution >= 4 is 18.1 Å². The number of nitro groups is 1. The predicted octanol–water partition coefficient (Wildman–Crippen LogP) is 1.41. The fourth-order valence-corrected chi connectivity index (χ4v) is 1.34. The minimum absolute atomic E-state index is 0. The van der Waals surface area contributed by atoms with E-state index in [1.54, 1.807) is 6.07 Å². The minimum Gasteiger partial charge on any atom is -0.490 e. The van der Waals surface area contributed by atoms with Crippen molar-refractivity contribution in [1.29, 1.82) is 0 Å². The molecule has 1 aromatic rings. The molecular weight excluding hydrogens is 248 g/mol. The number of halogens is 1. The van der Waals surface area contributed by atoms with Gasteiger partial charge in [0.25, 0.3) is 0 Å². The second kappa shape index (κ2) is 6.39. The molecule has 0 aliphatic rings. The Balaban J connectivity index is 0.00000256. The second-order valence-electron chi connectivity index (χ2n) is 3.45. The molecule has 0 unspecified atom stereocenters. The van der Waals surface area contributed by atoms with E-state index in [1.165, 1.54) is 26.2 Å². The van der Waals surface area contributed by atoms with Gasteiger partial charge in [0.05, 0.1) is 24.2 Å². The zero-order chi connectivity index (χ0) is 12.3. The molecule has 0 saturated heterocycles. The van der Waals surface area contributed by atoms with E-state index in [1.807, 2.05) is 0 Å². The monoisotopic (exact) mass is 262 g/mol. The molecule has 0 amide bonds. The lowest BCUT2D eigenvalue weighted by Gasteiger charge is -2.15. The third-order valence-electron chi connectivity index (χ3n) is 2.30. The fraction of sp³-hybridized carbons (Fsp3) is 0.400. The number of nitrogens with two attached hydrogens (primary N) is 1. The van der Waals surface area contributed by atoms with Gasteiger partial charge >= 0.3 is 5.69 Å². The van der Waals surface area contributed by atoms with Crippen molar-refractivity contribution in [1.82, 2.24) is 0 Å². The number of ether oxygens (including phenoxy) is 1. The largest absolute Gasteiger partial charge is 0.490 e. The van der Waals surface area contributed by atoms with Gasteiger partial charge in [-0.2, -0.15) is 0 Å². The van der Waals surface area contributed by atoms with Gasteiger partial charge in [0.15, 0.2) is 5.75 Å². The lowest BCUT2D eigenvalue weighted by Crippen LogP contribution is -2.23. The molecule has 1 aromatic carbocycles. The van der Waals surface area contributed by atoms with Gasteiger partial charge < -0.3 is 15.6 Å². The highest BCUT2D eigenvalue weighted by atomic mass is 35.5. The van der Waals surface area contributed by atoms with Gasteiger partial charge in [-0.1, -0.05) is 6.07 Å². The van der Waals surface area contributed by atoms with Crippen molar-refractivity contribution in [2.75, 3.05) is 7.11 Å². The topological polar surface area (TPSA) is 98.6 Å². The number of hydrogen-bond acceptors (Lipinski definition) is 5. The Labute approximate surface area is 105 Å². The van der Waals surface area contributed by atoms with Crippen molar-refractivity contribution in [2.45, 2.75) is 19.1 Å². The van der Waals surface area contributed by atoms with E-state index < -0.39 is 17.1 Å². The molecular formula is C10H15ClN2O4. The van der Waals surface area contributed by atoms with Gasteiger partial charge in [-0.05, 0) is 18.6 Å². The lowest BCUT2D eigenvalue weighted by atomic mass is 10.0. The Kier molecular flexibility index (Phi) is 5.87. The van der Waals surface area contributed by atoms with E-state index in [0.29, 0.717) is 5.56 Å². The molecule has 0 radical (unpaired) electrons. The number of benzene rings is 1. The first-order chi connectivity index (χ1) is 7.47. The Bertz CT molecular complexity index is 398. The number of rotatable bonds is 4. The SMILES string of the molecule is COc1ccc([C@H](N)[C@@H](C)O)cc1[N+](=O)[O-].Cl. The average molecular weight is 263 g/mol. The van der Waals surface area contributed by atoms with E-state index in [-0.39, 0.29) is 23.8 Å². The van der Waals surface area contributed by atoms with Gasteiger partial charge in [-0.15, -0.1) is 12.4 Å². The van der Waals surface area contributed by atoms with E-state index in [2.05, 4.69) is 0 Å². The molecule has 0 aromatic heterocycles. The summed E-state index contributed by atoms with van der Waals surface area (Å²) in [5.41, 5.74) is 6.03. The maximum atomic E-state index is 10.7. The first-order valence-corrected chi connectivity index (χ1v) is 4.73. The molecule has 0 saturated carbocycles. The minimum atomic E-state index is -0.770. The maximum absolute atomic E-state index is 10.7. The molecule has 0 spiro atoms. The van der Waals surface area contributed by atoms with Crippen molar-refractivity contribution in [3.8, 4) is 5.75 Å². The third-order valence-corrected chi connectivity index (χ3v) is 2.30. The Morgan fingerprint density at radius 2 is 2.12 bits per heavy atom. The normalized spacial score (nSPS) is 13.4. The highest BCUT2D eigenvalue weighted by Crippen LogP contribution is 2.29. The smallest absolute Gasteiger partial charge is 0.311 e. The fourth-order valence-electron chi connectivity index (χ4n) is 1.34. The summed E-state index contributed by atoms with van der Waals surface area (Å²) in [5, 5.41) is 20.1. The summed E-state index contributed by atoms with van der Waals surface area (Å²) in [7, 11) is 1.36. The van der Waals surface area contributed by atoms with Crippen molar-refractivity contribution in [2.24, 2.45) is 5.73 Å². The van der Waals surface area contributed by atoms with Crippen LogP contribution in [0.15, 0.2) is 18.2 Å². The second-order valence-corrected chi connectivity index (χ2v) is 3.45. The molecule has 0 heterocycles. The molecule has 0 bridgehead atoms. The van der Waals surface area contributed by atoms with Gasteiger partial charge in [-0.25, -0.2) is 0 Å². The number of hydrogen-bond donors (Lipinski definition) is 2. The first kappa shape index (κ1) is 15.6. The van der Waals surface area contributed by atoms with Crippen LogP contribution in [0.25, 0.3) is 0 Å². The van der Waals surface area contributed by atoms with Crippen molar-refractivity contribution < 1.29 is 14.8 Å². The summed E-state index contributed by atoms with van der Waals surface area (Å²) in [5.74, 6) is 0.173. The van der Waals surface area contributed by atoms with Gasteiger partial charge in [0.2, 0.25) is 0 Å². The molecule has 0 aliphatic carbocycles. The zero-order valence-corrected chi connectivity index (χ0v) is 10.3. The summed E-state index contributed by atoms with van der Waals surface area (Å²) < 4.78 is 4.86. The third kappa shape index (κ3) is 3.55. The van der Waals surface area contributed by atoms with Crippen LogP contribution in [0.3, 0.4) is 0 Å². The Morgan fingerprint density at radius 3 is 2.53 bits per heavy atom. The first-order valence-electron chi connectivity index (χ1n) is 4.73. The van der Waals surface area contributed by atoms with Gasteiger partial charge in [0.1, 0.15) is 0 Å². The standard InChI is InChI=1S/C10H14N2O4.ClH/c1-6(13)10(11)7-3-4-9(16-2)8(5-7)12(14)15;/h3-6,10,13H,11H2,1-2H3;1H/t6-,10-;/m1./s1. The highest BCUT2D eigenvalue weighted by Gasteiger charge is 2.19. The molecule has 17 heavy (non-hydrogen) atoms. The van der Waals surface area contributed by atoms with Crippen LogP contribution in [0.1, 0.15) is 18.5 Å². The number of nitrogens with zero attached hydrogens (tertiary/aromatic N) is 1. The van der Waals surface area contributed by atoms with Crippen LogP contribution in [0.2, 0.25) is 0 Å². The van der Waals surface area contributed by atoms with Crippen LogP contribution in [0.5, 0.6) is 5.75 Å². The molecule has 7 heteroatoms. The lowest BCUT2D eigenvalue weighted by molar-refractivity contribution is -0.385. The molecule has 0 fully saturated rings. The summed E-state index contributed by atoms with van der Waals surface area (Å²) in [4.78, 5) is 10.2. The van der Waals surface area contributed by atoms with Crippen LogP contribution in [-0.4, -0.2) is 23.2 Å². The molecule has 3 N–H and O–H groups in total. The van der Waals surface area contributed by atoms with Gasteiger partial charge in [0, 0.05) is 6.07 Å². The number of methoxy groups -OCH3 is 1. The van der Waals surface area contributed by atoms with Crippen molar-refractivity contribution in [3.63, 3.8) is 0 Å². The number of aliphatic hydroxyl groups excluding tert-OH is 1. The Hall–Kier alpha value is -1.37. The molecule has 96 valence electrons. The summed E-state index contributed by atoms with van der Waals surface area (Å²) >= 11 is 0. The maximum Gasteiger partial charge on any atom is 0.311 e. The zero-order valence-electron chi connectivity index (χ0n) is 9.49. The summed E-state index contributed by atoms with van der Waals surface area (Å²) in [6.07, 6.45) is -0.770. The van der Waals surface area contributed by atoms with E-state index in [9.17, 15) is 15.2 Å². The summed E-state index contributed by atoms with van der Waals surface area (Å²) in [6.45, 7) is 1.53. The molecule has 2 atom stereocenters.